The Morgan fingerprint density at radius 2 is 1.76 bits per heavy atom. The second kappa shape index (κ2) is 8.43. The van der Waals surface area contributed by atoms with Crippen LogP contribution in [0.2, 0.25) is 0 Å². The number of Topliss-reactive ketones (excluding diaryl/α,β-unsaturated/α-hetero) is 2. The summed E-state index contributed by atoms with van der Waals surface area (Å²) in [6.07, 6.45) is 4.07. The monoisotopic (exact) mass is 526 g/mol. The Balaban J connectivity index is 1.62. The van der Waals surface area contributed by atoms with E-state index in [-0.39, 0.29) is 53.9 Å². The molecular weight excluding hydrogens is 492 g/mol. The Hall–Kier alpha value is -1.28. The smallest absolute Gasteiger partial charge is 0.303 e. The summed E-state index contributed by atoms with van der Waals surface area (Å²) in [5, 5.41) is 11.8. The molecule has 7 nitrogen and oxygen atoms in total. The zero-order valence-electron chi connectivity index (χ0n) is 19.9. The standard InChI is InChI=1S/C25H35BrO7/c1-13(27)32-12-19(29)18-6-5-17-16-8-10-25(31)11-15(33-14(2)28)7-9-23(25,3)20(16)21(30)22(26)24(17,18)4/h15-18,20,22,31H,5-12H2,1-4H3/t15-,16+,17+,18-,20-,22+,23-,24+,25+/m1/s1. The second-order valence-corrected chi connectivity index (χ2v) is 12.1. The third-order valence-corrected chi connectivity index (χ3v) is 11.1. The lowest BCUT2D eigenvalue weighted by molar-refractivity contribution is -0.219. The summed E-state index contributed by atoms with van der Waals surface area (Å²) in [6, 6.07) is 0. The molecular formula is C25H35BrO7. The van der Waals surface area contributed by atoms with Crippen molar-refractivity contribution in [3.8, 4) is 0 Å². The Kier molecular flexibility index (Phi) is 6.35. The van der Waals surface area contributed by atoms with Gasteiger partial charge in [0.2, 0.25) is 0 Å². The number of aliphatic hydroxyl groups is 1. The Morgan fingerprint density at radius 3 is 2.39 bits per heavy atom. The summed E-state index contributed by atoms with van der Waals surface area (Å²) >= 11 is 3.71. The van der Waals surface area contributed by atoms with Gasteiger partial charge in [-0.05, 0) is 55.8 Å². The van der Waals surface area contributed by atoms with Crippen LogP contribution >= 0.6 is 15.9 Å². The fourth-order valence-corrected chi connectivity index (χ4v) is 9.03. The lowest BCUT2D eigenvalue weighted by atomic mass is 9.42. The predicted molar refractivity (Wildman–Crippen MR) is 122 cm³/mol. The third-order valence-electron chi connectivity index (χ3n) is 9.69. The molecule has 9 atom stereocenters. The largest absolute Gasteiger partial charge is 0.462 e. The normalized spacial score (nSPS) is 46.5. The number of carbonyl (C=O) groups is 4. The molecule has 0 amide bonds. The maximum atomic E-state index is 14.0. The molecule has 0 bridgehead atoms. The van der Waals surface area contributed by atoms with Gasteiger partial charge < -0.3 is 14.6 Å². The van der Waals surface area contributed by atoms with Crippen LogP contribution in [0.5, 0.6) is 0 Å². The van der Waals surface area contributed by atoms with Crippen molar-refractivity contribution in [2.45, 2.75) is 89.2 Å². The highest BCUT2D eigenvalue weighted by Gasteiger charge is 2.70. The first-order chi connectivity index (χ1) is 15.3. The van der Waals surface area contributed by atoms with Crippen molar-refractivity contribution in [2.24, 2.45) is 34.5 Å². The van der Waals surface area contributed by atoms with E-state index in [4.69, 9.17) is 9.47 Å². The van der Waals surface area contributed by atoms with Crippen LogP contribution in [0.1, 0.15) is 72.6 Å². The first kappa shape index (κ1) is 24.8. The molecule has 0 aromatic heterocycles. The molecule has 4 aliphatic rings. The summed E-state index contributed by atoms with van der Waals surface area (Å²) in [6.45, 7) is 6.49. The van der Waals surface area contributed by atoms with E-state index in [1.54, 1.807) is 0 Å². The van der Waals surface area contributed by atoms with Crippen LogP contribution in [-0.2, 0) is 28.7 Å². The van der Waals surface area contributed by atoms with Gasteiger partial charge >= 0.3 is 11.9 Å². The predicted octanol–water partition coefficient (Wildman–Crippen LogP) is 3.38. The first-order valence-corrected chi connectivity index (χ1v) is 13.0. The topological polar surface area (TPSA) is 107 Å². The average molecular weight is 527 g/mol. The number of esters is 2. The first-order valence-electron chi connectivity index (χ1n) is 12.1. The van der Waals surface area contributed by atoms with Crippen LogP contribution in [0, 0.1) is 34.5 Å². The highest BCUT2D eigenvalue weighted by atomic mass is 79.9. The average Bonchev–Trinajstić information content (AvgIpc) is 3.08. The maximum Gasteiger partial charge on any atom is 0.303 e. The molecule has 8 heteroatoms. The number of fused-ring (bicyclic) bond motifs is 5. The van der Waals surface area contributed by atoms with Crippen molar-refractivity contribution < 1.29 is 33.8 Å². The fraction of sp³-hybridized carbons (Fsp3) is 0.840. The van der Waals surface area contributed by atoms with Gasteiger partial charge in [0.25, 0.3) is 0 Å². The SMILES string of the molecule is CC(=O)OCC(=O)[C@H]1CC[C@H]2[C@@H]3CC[C@]4(O)C[C@H](OC(C)=O)CC[C@]4(C)[C@H]3C(=O)[C@H](Br)[C@]12C. The Bertz CT molecular complexity index is 873. The molecule has 4 saturated carbocycles. The van der Waals surface area contributed by atoms with Crippen LogP contribution in [0.15, 0.2) is 0 Å². The molecule has 0 aromatic rings. The molecule has 0 saturated heterocycles. The highest BCUT2D eigenvalue weighted by Crippen LogP contribution is 2.68. The minimum Gasteiger partial charge on any atom is -0.462 e. The molecule has 33 heavy (non-hydrogen) atoms. The van der Waals surface area contributed by atoms with Gasteiger partial charge in [-0.3, -0.25) is 19.2 Å². The van der Waals surface area contributed by atoms with E-state index in [2.05, 4.69) is 15.9 Å². The summed E-state index contributed by atoms with van der Waals surface area (Å²) in [4.78, 5) is 49.2. The van der Waals surface area contributed by atoms with Gasteiger partial charge in [0, 0.05) is 37.5 Å². The summed E-state index contributed by atoms with van der Waals surface area (Å²) < 4.78 is 10.4. The van der Waals surface area contributed by atoms with E-state index >= 15 is 0 Å². The number of carbonyl (C=O) groups excluding carboxylic acids is 4. The van der Waals surface area contributed by atoms with Crippen LogP contribution < -0.4 is 0 Å². The quantitative estimate of drug-likeness (QED) is 0.441. The molecule has 0 radical (unpaired) electrons. The van der Waals surface area contributed by atoms with Crippen molar-refractivity contribution in [2.75, 3.05) is 6.61 Å². The number of ether oxygens (including phenoxy) is 2. The van der Waals surface area contributed by atoms with Gasteiger partial charge in [-0.2, -0.15) is 0 Å². The van der Waals surface area contributed by atoms with Gasteiger partial charge in [-0.25, -0.2) is 0 Å². The maximum absolute atomic E-state index is 14.0. The van der Waals surface area contributed by atoms with Gasteiger partial charge in [-0.15, -0.1) is 0 Å². The van der Waals surface area contributed by atoms with Gasteiger partial charge in [0.15, 0.2) is 11.6 Å². The Labute approximate surface area is 203 Å². The number of hydrogen-bond acceptors (Lipinski definition) is 7. The van der Waals surface area contributed by atoms with E-state index < -0.39 is 27.2 Å². The molecule has 4 rings (SSSR count). The van der Waals surface area contributed by atoms with E-state index in [0.29, 0.717) is 38.5 Å². The molecule has 4 fully saturated rings. The molecule has 0 spiro atoms. The zero-order valence-corrected chi connectivity index (χ0v) is 21.5. The van der Waals surface area contributed by atoms with Gasteiger partial charge in [0.1, 0.15) is 12.7 Å². The van der Waals surface area contributed by atoms with Crippen molar-refractivity contribution in [1.29, 1.82) is 0 Å². The van der Waals surface area contributed by atoms with Crippen LogP contribution in [-0.4, -0.2) is 51.8 Å². The van der Waals surface area contributed by atoms with E-state index in [1.807, 2.05) is 13.8 Å². The fourth-order valence-electron chi connectivity index (χ4n) is 8.09. The molecule has 0 heterocycles. The minimum atomic E-state index is -1.06. The van der Waals surface area contributed by atoms with Crippen LogP contribution in [0.25, 0.3) is 0 Å². The third kappa shape index (κ3) is 3.70. The highest BCUT2D eigenvalue weighted by molar-refractivity contribution is 9.10. The van der Waals surface area contributed by atoms with Gasteiger partial charge in [-0.1, -0.05) is 29.8 Å². The molecule has 0 unspecified atom stereocenters. The van der Waals surface area contributed by atoms with Crippen molar-refractivity contribution in [3.63, 3.8) is 0 Å². The van der Waals surface area contributed by atoms with Crippen molar-refractivity contribution in [3.05, 3.63) is 0 Å². The molecule has 4 aliphatic carbocycles. The number of halogens is 1. The molecule has 0 aromatic carbocycles. The van der Waals surface area contributed by atoms with Crippen LogP contribution in [0.4, 0.5) is 0 Å². The van der Waals surface area contributed by atoms with Crippen molar-refractivity contribution >= 4 is 39.4 Å². The summed E-state index contributed by atoms with van der Waals surface area (Å²) in [5.41, 5.74) is -2.21. The number of hydrogen-bond donors (Lipinski definition) is 1. The van der Waals surface area contributed by atoms with Crippen molar-refractivity contribution in [1.82, 2.24) is 0 Å². The van der Waals surface area contributed by atoms with E-state index in [0.717, 1.165) is 6.42 Å². The molecule has 184 valence electrons. The van der Waals surface area contributed by atoms with Crippen LogP contribution in [0.3, 0.4) is 0 Å². The molecule has 1 N–H and O–H groups in total. The van der Waals surface area contributed by atoms with Gasteiger partial charge in [0.05, 0.1) is 10.4 Å². The minimum absolute atomic E-state index is 0.0671. The van der Waals surface area contributed by atoms with E-state index in [9.17, 15) is 24.3 Å². The second-order valence-electron chi connectivity index (χ2n) is 11.2. The summed E-state index contributed by atoms with van der Waals surface area (Å²) in [5.74, 6) is -1.27. The lowest BCUT2D eigenvalue weighted by Crippen LogP contribution is -2.68. The number of ketones is 2. The zero-order chi connectivity index (χ0) is 24.3. The van der Waals surface area contributed by atoms with E-state index in [1.165, 1.54) is 13.8 Å². The Morgan fingerprint density at radius 1 is 1.06 bits per heavy atom. The summed E-state index contributed by atoms with van der Waals surface area (Å²) in [7, 11) is 0. The number of alkyl halides is 1. The lowest BCUT2D eigenvalue weighted by Gasteiger charge is -2.63. The number of rotatable bonds is 4. The molecule has 0 aliphatic heterocycles.